The molecule has 0 unspecified atom stereocenters. The number of thiazole rings is 1. The molecule has 0 amide bonds. The van der Waals surface area contributed by atoms with Crippen LogP contribution < -0.4 is 4.87 Å². The molecule has 0 fully saturated rings. The molecule has 0 aliphatic heterocycles. The summed E-state index contributed by atoms with van der Waals surface area (Å²) in [7, 11) is 2.11. The molecule has 4 heteroatoms. The first-order valence-electron chi connectivity index (χ1n) is 5.48. The molecule has 0 bridgehead atoms. The molecule has 0 aliphatic rings. The van der Waals surface area contributed by atoms with Gasteiger partial charge >= 0.3 is 4.87 Å². The Kier molecular flexibility index (Phi) is 5.05. The second-order valence-corrected chi connectivity index (χ2v) is 4.77. The van der Waals surface area contributed by atoms with E-state index in [2.05, 4.69) is 18.9 Å². The van der Waals surface area contributed by atoms with Crippen LogP contribution in [-0.2, 0) is 6.54 Å². The molecule has 15 heavy (non-hydrogen) atoms. The first-order chi connectivity index (χ1) is 7.15. The van der Waals surface area contributed by atoms with Crippen molar-refractivity contribution in [3.8, 4) is 0 Å². The normalized spacial score (nSPS) is 11.2. The van der Waals surface area contributed by atoms with Gasteiger partial charge in [0.05, 0.1) is 0 Å². The van der Waals surface area contributed by atoms with Crippen LogP contribution in [0.15, 0.2) is 10.2 Å². The highest BCUT2D eigenvalue weighted by atomic mass is 32.1. The minimum Gasteiger partial charge on any atom is -0.305 e. The van der Waals surface area contributed by atoms with Gasteiger partial charge in [-0.1, -0.05) is 24.7 Å². The van der Waals surface area contributed by atoms with Crippen molar-refractivity contribution >= 4 is 11.3 Å². The number of unbranched alkanes of at least 4 members (excludes halogenated alkanes) is 1. The van der Waals surface area contributed by atoms with Crippen molar-refractivity contribution in [2.24, 2.45) is 0 Å². The third-order valence-electron chi connectivity index (χ3n) is 2.58. The predicted molar refractivity (Wildman–Crippen MR) is 65.7 cm³/mol. The third-order valence-corrected chi connectivity index (χ3v) is 3.46. The van der Waals surface area contributed by atoms with Crippen LogP contribution in [0, 0.1) is 6.92 Å². The Balaban J connectivity index is 2.40. The minimum atomic E-state index is 0.163. The van der Waals surface area contributed by atoms with Gasteiger partial charge < -0.3 is 9.47 Å². The molecule has 0 saturated carbocycles. The summed E-state index contributed by atoms with van der Waals surface area (Å²) in [4.78, 5) is 13.9. The Labute approximate surface area is 95.3 Å². The highest BCUT2D eigenvalue weighted by molar-refractivity contribution is 7.07. The van der Waals surface area contributed by atoms with E-state index in [0.717, 1.165) is 25.3 Å². The molecule has 86 valence electrons. The van der Waals surface area contributed by atoms with E-state index in [1.165, 1.54) is 24.2 Å². The Hall–Kier alpha value is -0.610. The highest BCUT2D eigenvalue weighted by Gasteiger charge is 2.03. The van der Waals surface area contributed by atoms with Crippen molar-refractivity contribution in [3.05, 3.63) is 20.7 Å². The van der Waals surface area contributed by atoms with E-state index in [0.29, 0.717) is 0 Å². The second kappa shape index (κ2) is 6.08. The van der Waals surface area contributed by atoms with Gasteiger partial charge in [0.15, 0.2) is 0 Å². The second-order valence-electron chi connectivity index (χ2n) is 3.95. The van der Waals surface area contributed by atoms with Gasteiger partial charge in [0.25, 0.3) is 0 Å². The molecule has 0 saturated heterocycles. The lowest BCUT2D eigenvalue weighted by Crippen LogP contribution is -2.27. The van der Waals surface area contributed by atoms with Crippen LogP contribution in [0.2, 0.25) is 0 Å². The summed E-state index contributed by atoms with van der Waals surface area (Å²) in [5.41, 5.74) is 1.08. The maximum absolute atomic E-state index is 11.4. The van der Waals surface area contributed by atoms with Gasteiger partial charge in [-0.25, -0.2) is 0 Å². The summed E-state index contributed by atoms with van der Waals surface area (Å²) in [6.07, 6.45) is 2.45. The largest absolute Gasteiger partial charge is 0.307 e. The Bertz CT molecular complexity index is 343. The third kappa shape index (κ3) is 3.80. The van der Waals surface area contributed by atoms with Gasteiger partial charge in [0.1, 0.15) is 0 Å². The fraction of sp³-hybridized carbons (Fsp3) is 0.727. The molecule has 0 atom stereocenters. The summed E-state index contributed by atoms with van der Waals surface area (Å²) in [5.74, 6) is 0. The number of likely N-dealkylation sites (N-methyl/N-ethyl adjacent to an activating group) is 1. The molecule has 0 aliphatic carbocycles. The van der Waals surface area contributed by atoms with Crippen molar-refractivity contribution in [2.45, 2.75) is 33.2 Å². The van der Waals surface area contributed by atoms with Gasteiger partial charge in [-0.15, -0.1) is 0 Å². The number of aromatic nitrogens is 1. The predicted octanol–water partition coefficient (Wildman–Crippen LogP) is 1.95. The average Bonchev–Trinajstić information content (AvgIpc) is 2.53. The lowest BCUT2D eigenvalue weighted by Gasteiger charge is -2.16. The quantitative estimate of drug-likeness (QED) is 0.743. The van der Waals surface area contributed by atoms with E-state index in [1.807, 2.05) is 16.9 Å². The van der Waals surface area contributed by atoms with E-state index >= 15 is 0 Å². The summed E-state index contributed by atoms with van der Waals surface area (Å²) in [6, 6.07) is 0. The van der Waals surface area contributed by atoms with Gasteiger partial charge in [0, 0.05) is 24.2 Å². The van der Waals surface area contributed by atoms with Crippen LogP contribution in [-0.4, -0.2) is 29.6 Å². The molecule has 1 aromatic rings. The minimum absolute atomic E-state index is 0.163. The standard InChI is InChI=1S/C11H20N2OS/c1-4-5-6-12(3)7-8-13-10(2)9-15-11(13)14/h9H,4-8H2,1-3H3. The van der Waals surface area contributed by atoms with Crippen LogP contribution in [0.4, 0.5) is 0 Å². The maximum atomic E-state index is 11.4. The van der Waals surface area contributed by atoms with Crippen LogP contribution in [0.3, 0.4) is 0 Å². The van der Waals surface area contributed by atoms with Crippen molar-refractivity contribution in [1.29, 1.82) is 0 Å². The topological polar surface area (TPSA) is 25.2 Å². The fourth-order valence-corrected chi connectivity index (χ4v) is 2.25. The van der Waals surface area contributed by atoms with Crippen molar-refractivity contribution < 1.29 is 0 Å². The van der Waals surface area contributed by atoms with Gasteiger partial charge in [-0.2, -0.15) is 0 Å². The van der Waals surface area contributed by atoms with E-state index in [-0.39, 0.29) is 4.87 Å². The number of aryl methyl sites for hydroxylation is 1. The Morgan fingerprint density at radius 1 is 1.47 bits per heavy atom. The molecule has 3 nitrogen and oxygen atoms in total. The molecular weight excluding hydrogens is 208 g/mol. The number of hydrogen-bond acceptors (Lipinski definition) is 3. The number of rotatable bonds is 6. The van der Waals surface area contributed by atoms with Crippen LogP contribution in [0.25, 0.3) is 0 Å². The highest BCUT2D eigenvalue weighted by Crippen LogP contribution is 2.00. The summed E-state index contributed by atoms with van der Waals surface area (Å²) in [5, 5.41) is 1.92. The molecule has 1 heterocycles. The van der Waals surface area contributed by atoms with Crippen molar-refractivity contribution in [1.82, 2.24) is 9.47 Å². The van der Waals surface area contributed by atoms with Crippen molar-refractivity contribution in [2.75, 3.05) is 20.1 Å². The maximum Gasteiger partial charge on any atom is 0.307 e. The van der Waals surface area contributed by atoms with Crippen LogP contribution in [0.1, 0.15) is 25.5 Å². The smallest absolute Gasteiger partial charge is 0.305 e. The monoisotopic (exact) mass is 228 g/mol. The first kappa shape index (κ1) is 12.5. The van der Waals surface area contributed by atoms with Gasteiger partial charge in [-0.05, 0) is 26.9 Å². The zero-order chi connectivity index (χ0) is 11.3. The Morgan fingerprint density at radius 3 is 2.73 bits per heavy atom. The van der Waals surface area contributed by atoms with E-state index in [9.17, 15) is 4.79 Å². The zero-order valence-electron chi connectivity index (χ0n) is 9.82. The fourth-order valence-electron chi connectivity index (χ4n) is 1.49. The number of hydrogen-bond donors (Lipinski definition) is 0. The molecule has 1 rings (SSSR count). The summed E-state index contributed by atoms with van der Waals surface area (Å²) >= 11 is 1.29. The number of nitrogens with zero attached hydrogens (tertiary/aromatic N) is 2. The molecule has 1 aromatic heterocycles. The van der Waals surface area contributed by atoms with Crippen LogP contribution in [0.5, 0.6) is 0 Å². The van der Waals surface area contributed by atoms with Gasteiger partial charge in [-0.3, -0.25) is 4.79 Å². The molecule has 0 spiro atoms. The SMILES string of the molecule is CCCCN(C)CCn1c(C)csc1=O. The molecular formula is C11H20N2OS. The summed E-state index contributed by atoms with van der Waals surface area (Å²) < 4.78 is 1.85. The van der Waals surface area contributed by atoms with Crippen LogP contribution >= 0.6 is 11.3 Å². The molecule has 0 N–H and O–H groups in total. The van der Waals surface area contributed by atoms with E-state index in [4.69, 9.17) is 0 Å². The van der Waals surface area contributed by atoms with Gasteiger partial charge in [0.2, 0.25) is 0 Å². The van der Waals surface area contributed by atoms with E-state index < -0.39 is 0 Å². The molecule has 0 radical (unpaired) electrons. The first-order valence-corrected chi connectivity index (χ1v) is 6.36. The lowest BCUT2D eigenvalue weighted by molar-refractivity contribution is 0.311. The average molecular weight is 228 g/mol. The zero-order valence-corrected chi connectivity index (χ0v) is 10.6. The van der Waals surface area contributed by atoms with E-state index in [1.54, 1.807) is 0 Å². The molecule has 0 aromatic carbocycles. The summed E-state index contributed by atoms with van der Waals surface area (Å²) in [6.45, 7) is 7.08. The Morgan fingerprint density at radius 2 is 2.20 bits per heavy atom. The van der Waals surface area contributed by atoms with Crippen molar-refractivity contribution in [3.63, 3.8) is 0 Å². The lowest BCUT2D eigenvalue weighted by atomic mass is 10.3.